The van der Waals surface area contributed by atoms with Gasteiger partial charge in [0.05, 0.1) is 18.3 Å². The van der Waals surface area contributed by atoms with Crippen molar-refractivity contribution in [3.63, 3.8) is 0 Å². The van der Waals surface area contributed by atoms with Crippen LogP contribution in [0.25, 0.3) is 0 Å². The molecular weight excluding hydrogens is 254 g/mol. The van der Waals surface area contributed by atoms with Gasteiger partial charge in [-0.3, -0.25) is 9.48 Å². The Balaban J connectivity index is 0.00000162. The van der Waals surface area contributed by atoms with Crippen molar-refractivity contribution < 1.29 is 4.79 Å². The van der Waals surface area contributed by atoms with Crippen LogP contribution in [-0.2, 0) is 11.3 Å². The second-order valence-corrected chi connectivity index (χ2v) is 4.86. The molecule has 1 heterocycles. The molecule has 1 fully saturated rings. The summed E-state index contributed by atoms with van der Waals surface area (Å²) in [6, 6.07) is 0. The molecule has 0 saturated heterocycles. The Labute approximate surface area is 113 Å². The number of nitrogens with zero attached hydrogens (tertiary/aromatic N) is 3. The molecule has 18 heavy (non-hydrogen) atoms. The van der Waals surface area contributed by atoms with Crippen molar-refractivity contribution in [2.75, 3.05) is 6.54 Å². The van der Waals surface area contributed by atoms with Gasteiger partial charge in [-0.05, 0) is 25.7 Å². The Hall–Kier alpha value is -1.14. The predicted molar refractivity (Wildman–Crippen MR) is 70.2 cm³/mol. The molecule has 1 atom stereocenters. The first-order valence-corrected chi connectivity index (χ1v) is 5.99. The number of hydrogen-bond acceptors (Lipinski definition) is 4. The van der Waals surface area contributed by atoms with Gasteiger partial charge in [0, 0.05) is 19.2 Å². The zero-order chi connectivity index (χ0) is 12.3. The van der Waals surface area contributed by atoms with Gasteiger partial charge in [0.1, 0.15) is 0 Å². The highest BCUT2D eigenvalue weighted by atomic mass is 35.5. The Bertz CT molecular complexity index is 379. The van der Waals surface area contributed by atoms with E-state index in [4.69, 9.17) is 5.73 Å². The number of aromatic nitrogens is 3. The third-order valence-corrected chi connectivity index (χ3v) is 3.37. The van der Waals surface area contributed by atoms with E-state index in [2.05, 4.69) is 15.6 Å². The van der Waals surface area contributed by atoms with Crippen LogP contribution in [0.2, 0.25) is 0 Å². The molecule has 102 valence electrons. The summed E-state index contributed by atoms with van der Waals surface area (Å²) in [6.07, 6.45) is 6.09. The van der Waals surface area contributed by atoms with E-state index in [1.165, 1.54) is 0 Å². The van der Waals surface area contributed by atoms with Gasteiger partial charge in [-0.15, -0.1) is 17.5 Å². The van der Waals surface area contributed by atoms with Crippen LogP contribution in [0.15, 0.2) is 12.4 Å². The summed E-state index contributed by atoms with van der Waals surface area (Å²) in [6.45, 7) is 3.07. The maximum absolute atomic E-state index is 11.8. The van der Waals surface area contributed by atoms with Crippen molar-refractivity contribution >= 4 is 18.3 Å². The first-order valence-electron chi connectivity index (χ1n) is 5.99. The number of carbonyl (C=O) groups is 1. The molecule has 0 spiro atoms. The molecule has 1 aliphatic carbocycles. The number of nitrogens with two attached hydrogens (primary N) is 1. The van der Waals surface area contributed by atoms with Crippen LogP contribution in [0.1, 0.15) is 26.2 Å². The number of hydrogen-bond donors (Lipinski definition) is 2. The van der Waals surface area contributed by atoms with Crippen molar-refractivity contribution in [1.29, 1.82) is 0 Å². The minimum absolute atomic E-state index is 0. The number of amides is 1. The largest absolute Gasteiger partial charge is 0.349 e. The SMILES string of the molecule is CC(CN)(NC(=O)CCn1ccnn1)C1CC1.Cl. The third kappa shape index (κ3) is 3.68. The highest BCUT2D eigenvalue weighted by molar-refractivity contribution is 5.85. The number of rotatable bonds is 6. The van der Waals surface area contributed by atoms with Gasteiger partial charge in [0.15, 0.2) is 0 Å². The summed E-state index contributed by atoms with van der Waals surface area (Å²) in [4.78, 5) is 11.8. The summed E-state index contributed by atoms with van der Waals surface area (Å²) in [5.74, 6) is 0.572. The molecule has 0 bridgehead atoms. The Morgan fingerprint density at radius 1 is 1.61 bits per heavy atom. The number of carbonyl (C=O) groups excluding carboxylic acids is 1. The van der Waals surface area contributed by atoms with Crippen molar-refractivity contribution in [2.45, 2.75) is 38.3 Å². The van der Waals surface area contributed by atoms with Gasteiger partial charge < -0.3 is 11.1 Å². The van der Waals surface area contributed by atoms with Gasteiger partial charge in [0.25, 0.3) is 0 Å². The molecule has 2 rings (SSSR count). The standard InChI is InChI=1S/C11H19N5O.ClH/c1-11(8-12,9-2-3-9)14-10(17)4-6-16-7-5-13-15-16;/h5,7,9H,2-4,6,8,12H2,1H3,(H,14,17);1H. The summed E-state index contributed by atoms with van der Waals surface area (Å²) < 4.78 is 1.65. The molecule has 7 heteroatoms. The molecule has 6 nitrogen and oxygen atoms in total. The second-order valence-electron chi connectivity index (χ2n) is 4.86. The number of nitrogens with one attached hydrogen (secondary N) is 1. The first-order chi connectivity index (χ1) is 8.14. The Morgan fingerprint density at radius 3 is 2.83 bits per heavy atom. The van der Waals surface area contributed by atoms with Crippen LogP contribution in [0, 0.1) is 5.92 Å². The maximum Gasteiger partial charge on any atom is 0.222 e. The number of aryl methyl sites for hydroxylation is 1. The monoisotopic (exact) mass is 273 g/mol. The second kappa shape index (κ2) is 6.15. The minimum Gasteiger partial charge on any atom is -0.349 e. The van der Waals surface area contributed by atoms with Crippen molar-refractivity contribution in [1.82, 2.24) is 20.3 Å². The number of halogens is 1. The van der Waals surface area contributed by atoms with E-state index < -0.39 is 0 Å². The van der Waals surface area contributed by atoms with Crippen LogP contribution in [-0.4, -0.2) is 33.0 Å². The first kappa shape index (κ1) is 14.9. The van der Waals surface area contributed by atoms with Crippen molar-refractivity contribution in [3.8, 4) is 0 Å². The van der Waals surface area contributed by atoms with Crippen LogP contribution in [0.5, 0.6) is 0 Å². The molecule has 0 aromatic carbocycles. The summed E-state index contributed by atoms with van der Waals surface area (Å²) >= 11 is 0. The Kier molecular flexibility index (Phi) is 5.10. The smallest absolute Gasteiger partial charge is 0.222 e. The minimum atomic E-state index is -0.237. The van der Waals surface area contributed by atoms with Gasteiger partial charge >= 0.3 is 0 Å². The fourth-order valence-electron chi connectivity index (χ4n) is 1.99. The fraction of sp³-hybridized carbons (Fsp3) is 0.727. The molecule has 1 amide bonds. The van der Waals surface area contributed by atoms with Crippen molar-refractivity contribution in [2.24, 2.45) is 11.7 Å². The van der Waals surface area contributed by atoms with E-state index in [0.29, 0.717) is 25.4 Å². The van der Waals surface area contributed by atoms with Crippen LogP contribution >= 0.6 is 12.4 Å². The molecule has 1 unspecified atom stereocenters. The normalized spacial score (nSPS) is 17.7. The van der Waals surface area contributed by atoms with E-state index in [0.717, 1.165) is 12.8 Å². The van der Waals surface area contributed by atoms with Crippen LogP contribution in [0.4, 0.5) is 0 Å². The predicted octanol–water partition coefficient (Wildman–Crippen LogP) is 0.334. The zero-order valence-corrected chi connectivity index (χ0v) is 11.3. The van der Waals surface area contributed by atoms with Crippen LogP contribution in [0.3, 0.4) is 0 Å². The lowest BCUT2D eigenvalue weighted by Gasteiger charge is -2.29. The summed E-state index contributed by atoms with van der Waals surface area (Å²) in [7, 11) is 0. The molecule has 3 N–H and O–H groups in total. The molecule has 1 saturated carbocycles. The zero-order valence-electron chi connectivity index (χ0n) is 10.5. The third-order valence-electron chi connectivity index (χ3n) is 3.37. The molecular formula is C11H20ClN5O. The molecule has 1 aromatic rings. The van der Waals surface area contributed by atoms with E-state index in [9.17, 15) is 4.79 Å². The van der Waals surface area contributed by atoms with E-state index >= 15 is 0 Å². The Morgan fingerprint density at radius 2 is 2.33 bits per heavy atom. The average Bonchev–Trinajstić information content (AvgIpc) is 3.05. The highest BCUT2D eigenvalue weighted by Gasteiger charge is 2.41. The summed E-state index contributed by atoms with van der Waals surface area (Å²) in [5.41, 5.74) is 5.51. The summed E-state index contributed by atoms with van der Waals surface area (Å²) in [5, 5.41) is 10.5. The van der Waals surface area contributed by atoms with Gasteiger partial charge in [0.2, 0.25) is 5.91 Å². The van der Waals surface area contributed by atoms with E-state index in [1.807, 2.05) is 6.92 Å². The lowest BCUT2D eigenvalue weighted by molar-refractivity contribution is -0.123. The van der Waals surface area contributed by atoms with Crippen LogP contribution < -0.4 is 11.1 Å². The molecule has 0 radical (unpaired) electrons. The van der Waals surface area contributed by atoms with E-state index in [-0.39, 0.29) is 23.9 Å². The maximum atomic E-state index is 11.8. The average molecular weight is 274 g/mol. The lowest BCUT2D eigenvalue weighted by Crippen LogP contribution is -2.53. The highest BCUT2D eigenvalue weighted by Crippen LogP contribution is 2.38. The van der Waals surface area contributed by atoms with Gasteiger partial charge in [-0.2, -0.15) is 0 Å². The van der Waals surface area contributed by atoms with E-state index in [1.54, 1.807) is 17.1 Å². The molecule has 0 aliphatic heterocycles. The van der Waals surface area contributed by atoms with Gasteiger partial charge in [-0.25, -0.2) is 0 Å². The molecule has 1 aliphatic rings. The quantitative estimate of drug-likeness (QED) is 0.782. The fourth-order valence-corrected chi connectivity index (χ4v) is 1.99. The lowest BCUT2D eigenvalue weighted by atomic mass is 9.96. The topological polar surface area (TPSA) is 85.8 Å². The van der Waals surface area contributed by atoms with Gasteiger partial charge in [-0.1, -0.05) is 5.21 Å². The van der Waals surface area contributed by atoms with Crippen molar-refractivity contribution in [3.05, 3.63) is 12.4 Å². The molecule has 1 aromatic heterocycles.